The monoisotopic (exact) mass is 542 g/mol. The van der Waals surface area contributed by atoms with Crippen LogP contribution in [-0.2, 0) is 17.8 Å². The van der Waals surface area contributed by atoms with E-state index in [0.29, 0.717) is 13.2 Å². The molecule has 1 aliphatic rings. The van der Waals surface area contributed by atoms with Gasteiger partial charge in [0.15, 0.2) is 5.96 Å². The highest BCUT2D eigenvalue weighted by atomic mass is 127. The molecule has 2 heterocycles. The van der Waals surface area contributed by atoms with E-state index < -0.39 is 0 Å². The highest BCUT2D eigenvalue weighted by molar-refractivity contribution is 14.0. The number of halogens is 1. The van der Waals surface area contributed by atoms with Gasteiger partial charge >= 0.3 is 0 Å². The number of aryl methyl sites for hydroxylation is 1. The molecule has 3 rings (SSSR count). The molecule has 0 saturated carbocycles. The van der Waals surface area contributed by atoms with Gasteiger partial charge in [0, 0.05) is 58.1 Å². The molecular formula is C22H35IN6O2. The summed E-state index contributed by atoms with van der Waals surface area (Å²) in [5.74, 6) is 1.85. The number of aliphatic imine (C=N–C) groups is 1. The molecule has 1 aliphatic heterocycles. The van der Waals surface area contributed by atoms with Gasteiger partial charge in [-0.05, 0) is 26.0 Å². The number of hydrogen-bond donors (Lipinski definition) is 1. The lowest BCUT2D eigenvalue weighted by atomic mass is 10.2. The predicted octanol–water partition coefficient (Wildman–Crippen LogP) is 2.67. The van der Waals surface area contributed by atoms with E-state index >= 15 is 0 Å². The summed E-state index contributed by atoms with van der Waals surface area (Å²) >= 11 is 0. The van der Waals surface area contributed by atoms with Crippen LogP contribution in [0.25, 0.3) is 0 Å². The Bertz CT molecular complexity index is 862. The number of piperazine rings is 1. The van der Waals surface area contributed by atoms with Crippen molar-refractivity contribution in [1.82, 2.24) is 20.0 Å². The summed E-state index contributed by atoms with van der Waals surface area (Å²) in [7, 11) is 5.28. The Kier molecular flexibility index (Phi) is 9.89. The van der Waals surface area contributed by atoms with Gasteiger partial charge in [-0.2, -0.15) is 5.10 Å². The minimum Gasteiger partial charge on any atom is -0.495 e. The van der Waals surface area contributed by atoms with Gasteiger partial charge < -0.3 is 24.6 Å². The molecule has 1 aromatic carbocycles. The Hall–Kier alpha value is -2.01. The Balaban J connectivity index is 0.00000341. The lowest BCUT2D eigenvalue weighted by molar-refractivity contribution is 0.182. The summed E-state index contributed by atoms with van der Waals surface area (Å²) < 4.78 is 12.7. The zero-order valence-electron chi connectivity index (χ0n) is 19.2. The molecule has 0 unspecified atom stereocenters. The quantitative estimate of drug-likeness (QED) is 0.330. The van der Waals surface area contributed by atoms with Crippen LogP contribution in [0.5, 0.6) is 5.75 Å². The number of aromatic nitrogens is 2. The number of guanidine groups is 1. The smallest absolute Gasteiger partial charge is 0.194 e. The Morgan fingerprint density at radius 2 is 1.84 bits per heavy atom. The van der Waals surface area contributed by atoms with E-state index in [2.05, 4.69) is 51.2 Å². The second-order valence-electron chi connectivity index (χ2n) is 7.41. The van der Waals surface area contributed by atoms with Crippen molar-refractivity contribution >= 4 is 35.6 Å². The maximum Gasteiger partial charge on any atom is 0.194 e. The van der Waals surface area contributed by atoms with Crippen LogP contribution in [-0.4, -0.2) is 74.7 Å². The molecule has 172 valence electrons. The first-order valence-corrected chi connectivity index (χ1v) is 10.4. The van der Waals surface area contributed by atoms with Crippen LogP contribution in [0.4, 0.5) is 5.69 Å². The maximum absolute atomic E-state index is 5.52. The van der Waals surface area contributed by atoms with Gasteiger partial charge in [-0.1, -0.05) is 12.1 Å². The molecule has 1 N–H and O–H groups in total. The van der Waals surface area contributed by atoms with Crippen LogP contribution in [0.3, 0.4) is 0 Å². The van der Waals surface area contributed by atoms with Crippen molar-refractivity contribution in [3.8, 4) is 5.75 Å². The van der Waals surface area contributed by atoms with E-state index in [1.165, 1.54) is 11.3 Å². The molecule has 8 nitrogen and oxygen atoms in total. The number of nitrogens with zero attached hydrogens (tertiary/aromatic N) is 5. The van der Waals surface area contributed by atoms with Gasteiger partial charge in [0.05, 0.1) is 31.6 Å². The first-order chi connectivity index (χ1) is 14.6. The Morgan fingerprint density at radius 1 is 1.13 bits per heavy atom. The van der Waals surface area contributed by atoms with E-state index in [4.69, 9.17) is 9.47 Å². The lowest BCUT2D eigenvalue weighted by Crippen LogP contribution is -2.52. The fraction of sp³-hybridized carbons (Fsp3) is 0.545. The van der Waals surface area contributed by atoms with Gasteiger partial charge in [-0.25, -0.2) is 0 Å². The molecule has 0 spiro atoms. The normalized spacial score (nSPS) is 14.4. The van der Waals surface area contributed by atoms with E-state index in [0.717, 1.165) is 55.8 Å². The maximum atomic E-state index is 5.52. The van der Waals surface area contributed by atoms with Gasteiger partial charge in [0.2, 0.25) is 0 Å². The predicted molar refractivity (Wildman–Crippen MR) is 136 cm³/mol. The molecule has 0 bridgehead atoms. The largest absolute Gasteiger partial charge is 0.495 e. The van der Waals surface area contributed by atoms with Crippen molar-refractivity contribution in [3.63, 3.8) is 0 Å². The van der Waals surface area contributed by atoms with Crippen LogP contribution >= 0.6 is 24.0 Å². The summed E-state index contributed by atoms with van der Waals surface area (Å²) in [5.41, 5.74) is 4.60. The highest BCUT2D eigenvalue weighted by Crippen LogP contribution is 2.28. The summed E-state index contributed by atoms with van der Waals surface area (Å²) in [6.07, 6.45) is 0. The first-order valence-electron chi connectivity index (χ1n) is 10.4. The third kappa shape index (κ3) is 6.03. The molecular weight excluding hydrogens is 507 g/mol. The van der Waals surface area contributed by atoms with Crippen molar-refractivity contribution < 1.29 is 9.47 Å². The molecule has 1 fully saturated rings. The number of anilines is 1. The number of para-hydroxylation sites is 2. The van der Waals surface area contributed by atoms with E-state index in [-0.39, 0.29) is 24.0 Å². The van der Waals surface area contributed by atoms with Gasteiger partial charge in [-0.3, -0.25) is 9.67 Å². The van der Waals surface area contributed by atoms with Gasteiger partial charge in [0.25, 0.3) is 0 Å². The molecule has 9 heteroatoms. The minimum atomic E-state index is 0. The lowest BCUT2D eigenvalue weighted by Gasteiger charge is -2.38. The number of hydrogen-bond acceptors (Lipinski definition) is 5. The minimum absolute atomic E-state index is 0. The van der Waals surface area contributed by atoms with E-state index in [1.807, 2.05) is 23.9 Å². The Morgan fingerprint density at radius 3 is 2.48 bits per heavy atom. The molecule has 1 saturated heterocycles. The second kappa shape index (κ2) is 12.1. The number of benzene rings is 1. The van der Waals surface area contributed by atoms with E-state index in [1.54, 1.807) is 14.2 Å². The molecule has 0 aliphatic carbocycles. The summed E-state index contributed by atoms with van der Waals surface area (Å²) in [6, 6.07) is 8.20. The van der Waals surface area contributed by atoms with Crippen LogP contribution in [0, 0.1) is 13.8 Å². The fourth-order valence-electron chi connectivity index (χ4n) is 3.94. The van der Waals surface area contributed by atoms with Crippen molar-refractivity contribution in [2.24, 2.45) is 4.99 Å². The van der Waals surface area contributed by atoms with Crippen molar-refractivity contribution in [3.05, 3.63) is 41.2 Å². The average Bonchev–Trinajstić information content (AvgIpc) is 3.05. The fourth-order valence-corrected chi connectivity index (χ4v) is 3.94. The Labute approximate surface area is 202 Å². The van der Waals surface area contributed by atoms with Crippen LogP contribution in [0.1, 0.15) is 17.0 Å². The van der Waals surface area contributed by atoms with Crippen molar-refractivity contribution in [2.75, 3.05) is 59.0 Å². The van der Waals surface area contributed by atoms with Crippen LogP contribution in [0.2, 0.25) is 0 Å². The highest BCUT2D eigenvalue weighted by Gasteiger charge is 2.22. The summed E-state index contributed by atoms with van der Waals surface area (Å²) in [5, 5.41) is 8.18. The second-order valence-corrected chi connectivity index (χ2v) is 7.41. The number of ether oxygens (including phenoxy) is 2. The molecule has 31 heavy (non-hydrogen) atoms. The molecule has 0 atom stereocenters. The third-order valence-corrected chi connectivity index (χ3v) is 5.68. The molecule has 0 radical (unpaired) electrons. The van der Waals surface area contributed by atoms with Crippen LogP contribution in [0.15, 0.2) is 29.3 Å². The zero-order valence-corrected chi connectivity index (χ0v) is 21.6. The van der Waals surface area contributed by atoms with Gasteiger partial charge in [0.1, 0.15) is 5.75 Å². The van der Waals surface area contributed by atoms with E-state index in [9.17, 15) is 0 Å². The number of nitrogens with one attached hydrogen (secondary N) is 1. The van der Waals surface area contributed by atoms with Crippen molar-refractivity contribution in [2.45, 2.75) is 26.9 Å². The zero-order chi connectivity index (χ0) is 21.5. The average molecular weight is 542 g/mol. The molecule has 1 aromatic heterocycles. The first kappa shape index (κ1) is 25.3. The SMILES string of the molecule is CN=C(NCc1c(C)nn(CCOC)c1C)N1CCN(c2ccccc2OC)CC1.I. The van der Waals surface area contributed by atoms with Crippen LogP contribution < -0.4 is 15.0 Å². The number of methoxy groups -OCH3 is 2. The summed E-state index contributed by atoms with van der Waals surface area (Å²) in [4.78, 5) is 9.20. The topological polar surface area (TPSA) is 67.2 Å². The van der Waals surface area contributed by atoms with Gasteiger partial charge in [-0.15, -0.1) is 24.0 Å². The summed E-state index contributed by atoms with van der Waals surface area (Å²) in [6.45, 7) is 9.97. The third-order valence-electron chi connectivity index (χ3n) is 5.68. The number of rotatable bonds is 7. The standard InChI is InChI=1S/C22H34N6O2.HI/c1-17-19(18(2)28(25-17)14-15-29-4)16-24-22(23-3)27-12-10-26(11-13-27)20-8-6-7-9-21(20)30-5;/h6-9H,10-16H2,1-5H3,(H,23,24);1H. The molecule has 2 aromatic rings. The van der Waals surface area contributed by atoms with Crippen molar-refractivity contribution in [1.29, 1.82) is 0 Å². The molecule has 0 amide bonds.